The van der Waals surface area contributed by atoms with Crippen LogP contribution < -0.4 is 0 Å². The third-order valence-corrected chi connectivity index (χ3v) is 3.81. The van der Waals surface area contributed by atoms with Crippen molar-refractivity contribution < 1.29 is 4.39 Å². The van der Waals surface area contributed by atoms with Gasteiger partial charge in [0.05, 0.1) is 5.69 Å². The zero-order valence-corrected chi connectivity index (χ0v) is 10.1. The van der Waals surface area contributed by atoms with Gasteiger partial charge in [0, 0.05) is 18.0 Å². The minimum Gasteiger partial charge on any atom is -0.337 e. The van der Waals surface area contributed by atoms with Crippen molar-refractivity contribution >= 4 is 29.1 Å². The van der Waals surface area contributed by atoms with Crippen LogP contribution in [0.4, 0.5) is 4.39 Å². The second-order valence-electron chi connectivity index (χ2n) is 3.74. The first-order valence-corrected chi connectivity index (χ1v) is 6.13. The fraction of sp³-hybridized carbons (Fsp3) is 0.500. The maximum Gasteiger partial charge on any atom is 0.158 e. The Hall–Kier alpha value is -0.520. The molecular formula is C10H13FN2S2. The first-order valence-electron chi connectivity index (χ1n) is 4.84. The Bertz CT molecular complexity index is 421. The predicted molar refractivity (Wildman–Crippen MR) is 64.5 cm³/mol. The van der Waals surface area contributed by atoms with Crippen LogP contribution in [0.15, 0.2) is 11.5 Å². The molecule has 2 rings (SSSR count). The van der Waals surface area contributed by atoms with Gasteiger partial charge in [0.25, 0.3) is 0 Å². The van der Waals surface area contributed by atoms with Crippen LogP contribution in [0.25, 0.3) is 5.57 Å². The highest BCUT2D eigenvalue weighted by Crippen LogP contribution is 2.26. The fourth-order valence-corrected chi connectivity index (χ4v) is 2.58. The lowest BCUT2D eigenvalue weighted by Gasteiger charge is -2.29. The number of H-pyrrole nitrogens is 1. The molecule has 0 radical (unpaired) electrons. The first-order chi connectivity index (χ1) is 7.20. The van der Waals surface area contributed by atoms with E-state index < -0.39 is 0 Å². The van der Waals surface area contributed by atoms with Crippen molar-refractivity contribution in [3.05, 3.63) is 21.1 Å². The molecule has 82 valence electrons. The Balaban J connectivity index is 2.21. The second-order valence-corrected chi connectivity index (χ2v) is 5.29. The smallest absolute Gasteiger partial charge is 0.158 e. The Labute approximate surface area is 97.4 Å². The van der Waals surface area contributed by atoms with Crippen molar-refractivity contribution in [1.82, 2.24) is 9.88 Å². The molecule has 0 bridgehead atoms. The van der Waals surface area contributed by atoms with Crippen molar-refractivity contribution in [2.75, 3.05) is 20.3 Å². The molecule has 1 aromatic heterocycles. The zero-order valence-electron chi connectivity index (χ0n) is 8.50. The average Bonchev–Trinajstić information content (AvgIpc) is 2.66. The fourth-order valence-electron chi connectivity index (χ4n) is 1.73. The first kappa shape index (κ1) is 11.0. The summed E-state index contributed by atoms with van der Waals surface area (Å²) in [4.78, 5) is 5.16. The maximum absolute atomic E-state index is 12.7. The van der Waals surface area contributed by atoms with E-state index in [9.17, 15) is 4.39 Å². The molecule has 0 aromatic carbocycles. The van der Waals surface area contributed by atoms with Crippen LogP contribution >= 0.6 is 23.6 Å². The van der Waals surface area contributed by atoms with E-state index >= 15 is 0 Å². The number of aromatic nitrogens is 1. The van der Waals surface area contributed by atoms with Gasteiger partial charge in [-0.25, -0.2) is 4.39 Å². The van der Waals surface area contributed by atoms with Crippen molar-refractivity contribution in [2.45, 2.75) is 12.5 Å². The zero-order chi connectivity index (χ0) is 10.8. The number of likely N-dealkylation sites (N-methyl/N-ethyl adjacent to an activating group) is 1. The molecule has 2 heterocycles. The molecule has 1 aliphatic heterocycles. The van der Waals surface area contributed by atoms with Gasteiger partial charge in [-0.1, -0.05) is 6.08 Å². The summed E-state index contributed by atoms with van der Waals surface area (Å²) in [7, 11) is 1.95. The van der Waals surface area contributed by atoms with E-state index in [4.69, 9.17) is 12.2 Å². The SMILES string of the molecule is CN1CC=C(c2csc(=S)[nH]2)C[C@@H]1CF. The number of nitrogens with zero attached hydrogens (tertiary/aromatic N) is 1. The van der Waals surface area contributed by atoms with Crippen molar-refractivity contribution in [3.8, 4) is 0 Å². The molecule has 1 atom stereocenters. The molecule has 0 spiro atoms. The van der Waals surface area contributed by atoms with Crippen LogP contribution in [0.3, 0.4) is 0 Å². The Morgan fingerprint density at radius 1 is 1.73 bits per heavy atom. The van der Waals surface area contributed by atoms with E-state index in [1.165, 1.54) is 16.9 Å². The molecule has 1 N–H and O–H groups in total. The number of alkyl halides is 1. The van der Waals surface area contributed by atoms with Crippen LogP contribution in [-0.4, -0.2) is 36.2 Å². The lowest BCUT2D eigenvalue weighted by Crippen LogP contribution is -2.36. The summed E-state index contributed by atoms with van der Waals surface area (Å²) in [6.07, 6.45) is 2.90. The van der Waals surface area contributed by atoms with E-state index in [-0.39, 0.29) is 12.7 Å². The highest BCUT2D eigenvalue weighted by molar-refractivity contribution is 7.73. The summed E-state index contributed by atoms with van der Waals surface area (Å²) in [5.74, 6) is 0. The topological polar surface area (TPSA) is 19.0 Å². The predicted octanol–water partition coefficient (Wildman–Crippen LogP) is 2.86. The van der Waals surface area contributed by atoms with Crippen LogP contribution in [-0.2, 0) is 0 Å². The molecular weight excluding hydrogens is 231 g/mol. The highest BCUT2D eigenvalue weighted by atomic mass is 32.1. The number of aromatic amines is 1. The Kier molecular flexibility index (Phi) is 3.33. The molecule has 15 heavy (non-hydrogen) atoms. The average molecular weight is 244 g/mol. The van der Waals surface area contributed by atoms with E-state index in [1.54, 1.807) is 0 Å². The number of thiazole rings is 1. The highest BCUT2D eigenvalue weighted by Gasteiger charge is 2.21. The van der Waals surface area contributed by atoms with Crippen LogP contribution in [0.5, 0.6) is 0 Å². The summed E-state index contributed by atoms with van der Waals surface area (Å²) in [5.41, 5.74) is 2.24. The molecule has 1 aromatic rings. The van der Waals surface area contributed by atoms with Crippen LogP contribution in [0, 0.1) is 3.95 Å². The molecule has 0 amide bonds. The van der Waals surface area contributed by atoms with Gasteiger partial charge in [-0.05, 0) is 31.3 Å². The van der Waals surface area contributed by atoms with Crippen molar-refractivity contribution in [3.63, 3.8) is 0 Å². The maximum atomic E-state index is 12.7. The summed E-state index contributed by atoms with van der Waals surface area (Å²) in [5, 5.41) is 2.01. The molecule has 5 heteroatoms. The summed E-state index contributed by atoms with van der Waals surface area (Å²) in [6, 6.07) is 0.00636. The third-order valence-electron chi connectivity index (χ3n) is 2.75. The van der Waals surface area contributed by atoms with Crippen molar-refractivity contribution in [2.24, 2.45) is 0 Å². The van der Waals surface area contributed by atoms with E-state index in [0.29, 0.717) is 0 Å². The van der Waals surface area contributed by atoms with Gasteiger partial charge in [0.2, 0.25) is 0 Å². The molecule has 0 fully saturated rings. The van der Waals surface area contributed by atoms with Gasteiger partial charge >= 0.3 is 0 Å². The van der Waals surface area contributed by atoms with Crippen molar-refractivity contribution in [1.29, 1.82) is 0 Å². The quantitative estimate of drug-likeness (QED) is 0.807. The van der Waals surface area contributed by atoms with E-state index in [0.717, 1.165) is 22.6 Å². The second kappa shape index (κ2) is 4.55. The monoisotopic (exact) mass is 244 g/mol. The van der Waals surface area contributed by atoms with Gasteiger partial charge in [-0.15, -0.1) is 11.3 Å². The van der Waals surface area contributed by atoms with Crippen LogP contribution in [0.1, 0.15) is 12.1 Å². The lowest BCUT2D eigenvalue weighted by atomic mass is 9.99. The third kappa shape index (κ3) is 2.35. The summed E-state index contributed by atoms with van der Waals surface area (Å²) in [6.45, 7) is 0.513. The molecule has 0 saturated carbocycles. The Morgan fingerprint density at radius 3 is 3.13 bits per heavy atom. The van der Waals surface area contributed by atoms with Gasteiger partial charge in [-0.2, -0.15) is 0 Å². The van der Waals surface area contributed by atoms with Gasteiger partial charge in [-0.3, -0.25) is 4.90 Å². The van der Waals surface area contributed by atoms with E-state index in [2.05, 4.69) is 11.1 Å². The normalized spacial score (nSPS) is 22.8. The molecule has 1 aliphatic rings. The molecule has 0 unspecified atom stereocenters. The number of nitrogens with one attached hydrogen (secondary N) is 1. The number of hydrogen-bond acceptors (Lipinski definition) is 3. The summed E-state index contributed by atoms with van der Waals surface area (Å²) >= 11 is 6.55. The molecule has 2 nitrogen and oxygen atoms in total. The van der Waals surface area contributed by atoms with E-state index in [1.807, 2.05) is 17.3 Å². The Morgan fingerprint density at radius 2 is 2.53 bits per heavy atom. The van der Waals surface area contributed by atoms with Gasteiger partial charge in [0.1, 0.15) is 6.67 Å². The minimum absolute atomic E-state index is 0.00636. The molecule has 0 aliphatic carbocycles. The summed E-state index contributed by atoms with van der Waals surface area (Å²) < 4.78 is 13.5. The van der Waals surface area contributed by atoms with Gasteiger partial charge in [0.15, 0.2) is 3.95 Å². The lowest BCUT2D eigenvalue weighted by molar-refractivity contribution is 0.215. The number of hydrogen-bond donors (Lipinski definition) is 1. The minimum atomic E-state index is -0.293. The van der Waals surface area contributed by atoms with Crippen LogP contribution in [0.2, 0.25) is 0 Å². The number of halogens is 1. The number of rotatable bonds is 2. The standard InChI is InChI=1S/C10H13FN2S2/c1-13-3-2-7(4-8(13)5-11)9-6-15-10(14)12-9/h2,6,8H,3-5H2,1H3,(H,12,14)/t8-/m1/s1. The van der Waals surface area contributed by atoms with Gasteiger partial charge < -0.3 is 4.98 Å². The largest absolute Gasteiger partial charge is 0.337 e. The molecule has 0 saturated heterocycles.